The van der Waals surface area contributed by atoms with Crippen molar-refractivity contribution < 1.29 is 4.79 Å². The molecule has 0 radical (unpaired) electrons. The number of carbonyl (C=O) groups is 1. The Hall–Kier alpha value is -4.08. The minimum Gasteiger partial charge on any atom is -0.346 e. The first-order valence-electron chi connectivity index (χ1n) is 10.4. The highest BCUT2D eigenvalue weighted by molar-refractivity contribution is 7.99. The summed E-state index contributed by atoms with van der Waals surface area (Å²) in [5.41, 5.74) is 3.53. The third-order valence-corrected chi connectivity index (χ3v) is 6.97. The zero-order valence-corrected chi connectivity index (χ0v) is 18.7. The summed E-state index contributed by atoms with van der Waals surface area (Å²) in [6.45, 7) is 0.716. The Morgan fingerprint density at radius 3 is 2.64 bits per heavy atom. The van der Waals surface area contributed by atoms with Crippen LogP contribution in [-0.4, -0.2) is 43.8 Å². The van der Waals surface area contributed by atoms with Gasteiger partial charge in [-0.2, -0.15) is 20.7 Å². The Kier molecular flexibility index (Phi) is 5.33. The summed E-state index contributed by atoms with van der Waals surface area (Å²) in [6, 6.07) is 13.9. The summed E-state index contributed by atoms with van der Waals surface area (Å²) in [5, 5.41) is 28.0. The highest BCUT2D eigenvalue weighted by Crippen LogP contribution is 2.37. The van der Waals surface area contributed by atoms with Crippen molar-refractivity contribution in [2.45, 2.75) is 28.7 Å². The zero-order valence-electron chi connectivity index (χ0n) is 17.8. The van der Waals surface area contributed by atoms with Crippen molar-refractivity contribution in [2.75, 3.05) is 13.6 Å². The Bertz CT molecular complexity index is 1460. The molecule has 3 aromatic heterocycles. The fraction of sp³-hybridized carbons (Fsp3) is 0.208. The van der Waals surface area contributed by atoms with Gasteiger partial charge in [-0.1, -0.05) is 23.9 Å². The molecule has 33 heavy (non-hydrogen) atoms. The molecule has 5 rings (SSSR count). The van der Waals surface area contributed by atoms with Gasteiger partial charge in [0.05, 0.1) is 35.1 Å². The molecule has 4 aromatic rings. The van der Waals surface area contributed by atoms with Gasteiger partial charge in [-0.15, -0.1) is 0 Å². The highest BCUT2D eigenvalue weighted by atomic mass is 32.2. The van der Waals surface area contributed by atoms with Crippen LogP contribution in [0.4, 0.5) is 0 Å². The monoisotopic (exact) mass is 453 g/mol. The van der Waals surface area contributed by atoms with E-state index >= 15 is 0 Å². The SMILES string of the molecule is CN1CC[C@H](n2cc(-c3cc(Sc4ccccc4C#N)c4c(C#N)cnn4c3)cn2)CC1=O. The average Bonchev–Trinajstić information content (AvgIpc) is 3.48. The third-order valence-electron chi connectivity index (χ3n) is 5.87. The molecule has 1 saturated heterocycles. The predicted molar refractivity (Wildman–Crippen MR) is 122 cm³/mol. The molecular weight excluding hydrogens is 434 g/mol. The van der Waals surface area contributed by atoms with Crippen LogP contribution in [0.1, 0.15) is 30.0 Å². The highest BCUT2D eigenvalue weighted by Gasteiger charge is 2.25. The maximum Gasteiger partial charge on any atom is 0.224 e. The van der Waals surface area contributed by atoms with E-state index < -0.39 is 0 Å². The van der Waals surface area contributed by atoms with Crippen LogP contribution in [0.25, 0.3) is 16.6 Å². The standard InChI is InChI=1S/C24H19N7OS/c1-29-7-6-20(9-23(29)32)30-15-19(13-27-30)17-8-22(24-18(11-26)12-28-31(24)14-17)33-21-5-3-2-4-16(21)10-25/h2-5,8,12-15,20H,6-7,9H2,1H3/t20-/m0/s1. The van der Waals surface area contributed by atoms with Crippen LogP contribution < -0.4 is 0 Å². The number of likely N-dealkylation sites (tertiary alicyclic amines) is 1. The number of nitriles is 2. The van der Waals surface area contributed by atoms with Gasteiger partial charge in [0.2, 0.25) is 5.91 Å². The Morgan fingerprint density at radius 1 is 1.03 bits per heavy atom. The van der Waals surface area contributed by atoms with Gasteiger partial charge in [0.15, 0.2) is 0 Å². The summed E-state index contributed by atoms with van der Waals surface area (Å²) < 4.78 is 3.56. The average molecular weight is 454 g/mol. The van der Waals surface area contributed by atoms with Crippen molar-refractivity contribution in [3.63, 3.8) is 0 Å². The Balaban J connectivity index is 1.55. The minimum absolute atomic E-state index is 0.0393. The van der Waals surface area contributed by atoms with Crippen LogP contribution >= 0.6 is 11.8 Å². The maximum absolute atomic E-state index is 12.1. The van der Waals surface area contributed by atoms with E-state index in [2.05, 4.69) is 22.3 Å². The van der Waals surface area contributed by atoms with Crippen molar-refractivity contribution in [2.24, 2.45) is 0 Å². The second-order valence-electron chi connectivity index (χ2n) is 7.94. The van der Waals surface area contributed by atoms with Gasteiger partial charge in [0.25, 0.3) is 0 Å². The molecule has 0 aliphatic carbocycles. The molecule has 1 aliphatic rings. The van der Waals surface area contributed by atoms with E-state index in [-0.39, 0.29) is 11.9 Å². The summed E-state index contributed by atoms with van der Waals surface area (Å²) in [7, 11) is 1.82. The molecule has 1 atom stereocenters. The number of hydrogen-bond acceptors (Lipinski definition) is 6. The Labute approximate surface area is 194 Å². The summed E-state index contributed by atoms with van der Waals surface area (Å²) >= 11 is 1.43. The first kappa shape index (κ1) is 20.8. The van der Waals surface area contributed by atoms with Crippen LogP contribution in [0.3, 0.4) is 0 Å². The molecule has 1 aromatic carbocycles. The van der Waals surface area contributed by atoms with Crippen molar-refractivity contribution >= 4 is 23.2 Å². The number of rotatable bonds is 4. The van der Waals surface area contributed by atoms with Crippen LogP contribution in [0.5, 0.6) is 0 Å². The fourth-order valence-electron chi connectivity index (χ4n) is 4.01. The summed E-state index contributed by atoms with van der Waals surface area (Å²) in [5.74, 6) is 0.125. The number of piperidine rings is 1. The molecule has 9 heteroatoms. The topological polar surface area (TPSA) is 103 Å². The molecule has 1 aliphatic heterocycles. The molecule has 8 nitrogen and oxygen atoms in total. The van der Waals surface area contributed by atoms with Crippen LogP contribution in [0.15, 0.2) is 64.9 Å². The van der Waals surface area contributed by atoms with E-state index in [4.69, 9.17) is 0 Å². The smallest absolute Gasteiger partial charge is 0.224 e. The molecule has 0 bridgehead atoms. The van der Waals surface area contributed by atoms with Gasteiger partial charge < -0.3 is 4.90 Å². The number of amides is 1. The first-order chi connectivity index (χ1) is 16.1. The number of nitrogens with zero attached hydrogens (tertiary/aromatic N) is 7. The van der Waals surface area contributed by atoms with Gasteiger partial charge in [-0.25, -0.2) is 4.52 Å². The van der Waals surface area contributed by atoms with E-state index in [1.54, 1.807) is 27.9 Å². The molecule has 4 heterocycles. The van der Waals surface area contributed by atoms with Gasteiger partial charge in [0, 0.05) is 53.3 Å². The normalized spacial score (nSPS) is 16.0. The molecule has 1 fully saturated rings. The number of benzene rings is 1. The molecular formula is C24H19N7OS. The largest absolute Gasteiger partial charge is 0.346 e. The van der Waals surface area contributed by atoms with Crippen LogP contribution in [0, 0.1) is 22.7 Å². The second-order valence-corrected chi connectivity index (χ2v) is 9.02. The lowest BCUT2D eigenvalue weighted by molar-refractivity contribution is -0.133. The zero-order chi connectivity index (χ0) is 22.9. The summed E-state index contributed by atoms with van der Waals surface area (Å²) in [6.07, 6.45) is 8.46. The molecule has 0 saturated carbocycles. The van der Waals surface area contributed by atoms with Gasteiger partial charge in [0.1, 0.15) is 12.1 Å². The van der Waals surface area contributed by atoms with Gasteiger partial charge >= 0.3 is 0 Å². The van der Waals surface area contributed by atoms with Gasteiger partial charge in [-0.05, 0) is 24.6 Å². The van der Waals surface area contributed by atoms with E-state index in [0.29, 0.717) is 29.6 Å². The van der Waals surface area contributed by atoms with E-state index in [1.807, 2.05) is 48.4 Å². The number of carbonyl (C=O) groups excluding carboxylic acids is 1. The van der Waals surface area contributed by atoms with Crippen LogP contribution in [0.2, 0.25) is 0 Å². The first-order valence-corrected chi connectivity index (χ1v) is 11.3. The maximum atomic E-state index is 12.1. The van der Waals surface area contributed by atoms with Crippen molar-refractivity contribution in [3.8, 4) is 23.3 Å². The lowest BCUT2D eigenvalue weighted by Gasteiger charge is -2.28. The Morgan fingerprint density at radius 2 is 1.85 bits per heavy atom. The number of aromatic nitrogens is 4. The summed E-state index contributed by atoms with van der Waals surface area (Å²) in [4.78, 5) is 15.5. The predicted octanol–water partition coefficient (Wildman–Crippen LogP) is 3.89. The van der Waals surface area contributed by atoms with Gasteiger partial charge in [-0.3, -0.25) is 9.48 Å². The molecule has 0 spiro atoms. The van der Waals surface area contributed by atoms with E-state index in [9.17, 15) is 15.3 Å². The lowest BCUT2D eigenvalue weighted by atomic mass is 10.1. The lowest BCUT2D eigenvalue weighted by Crippen LogP contribution is -2.36. The van der Waals surface area contributed by atoms with Crippen LogP contribution in [-0.2, 0) is 4.79 Å². The number of pyridine rings is 1. The van der Waals surface area contributed by atoms with Crippen molar-refractivity contribution in [3.05, 3.63) is 66.2 Å². The van der Waals surface area contributed by atoms with Crippen molar-refractivity contribution in [1.29, 1.82) is 10.5 Å². The quantitative estimate of drug-likeness (QED) is 0.464. The molecule has 0 unspecified atom stereocenters. The minimum atomic E-state index is 0.0393. The van der Waals surface area contributed by atoms with Crippen molar-refractivity contribution in [1.82, 2.24) is 24.3 Å². The molecule has 1 amide bonds. The third kappa shape index (κ3) is 3.84. The number of fused-ring (bicyclic) bond motifs is 1. The fourth-order valence-corrected chi connectivity index (χ4v) is 5.10. The molecule has 162 valence electrons. The van der Waals surface area contributed by atoms with E-state index in [0.717, 1.165) is 27.3 Å². The van der Waals surface area contributed by atoms with E-state index in [1.165, 1.54) is 11.8 Å². The second kappa shape index (κ2) is 8.45. The molecule has 0 N–H and O–H groups in total. The number of hydrogen-bond donors (Lipinski definition) is 0.